The Morgan fingerprint density at radius 1 is 1.38 bits per heavy atom. The van der Waals surface area contributed by atoms with Gasteiger partial charge >= 0.3 is 16.2 Å². The number of thioether (sulfide) groups is 1. The molecule has 2 aromatic rings. The number of nitrogens with zero attached hydrogens (tertiary/aromatic N) is 8. The molecule has 0 spiro atoms. The number of urea groups is 1. The van der Waals surface area contributed by atoms with Gasteiger partial charge in [0.15, 0.2) is 11.5 Å². The van der Waals surface area contributed by atoms with Crippen molar-refractivity contribution in [2.45, 2.75) is 67.5 Å². The monoisotopic (exact) mass is 595 g/mol. The van der Waals surface area contributed by atoms with Gasteiger partial charge < -0.3 is 31.3 Å². The van der Waals surface area contributed by atoms with Crippen LogP contribution < -0.4 is 26.2 Å². The molecule has 20 heteroatoms. The number of hydrogen-bond donors (Lipinski definition) is 5. The van der Waals surface area contributed by atoms with Crippen LogP contribution in [0.25, 0.3) is 21.6 Å². The number of azide groups is 1. The predicted molar refractivity (Wildman–Crippen MR) is 141 cm³/mol. The van der Waals surface area contributed by atoms with Crippen molar-refractivity contribution in [2.75, 3.05) is 18.0 Å². The Hall–Kier alpha value is -3.42. The molecule has 0 bridgehead atoms. The van der Waals surface area contributed by atoms with Gasteiger partial charge in [0, 0.05) is 22.5 Å². The molecule has 5 rings (SSSR count). The van der Waals surface area contributed by atoms with Gasteiger partial charge in [-0.25, -0.2) is 19.7 Å². The molecule has 40 heavy (non-hydrogen) atoms. The van der Waals surface area contributed by atoms with Gasteiger partial charge in [-0.3, -0.25) is 4.57 Å². The predicted octanol–water partition coefficient (Wildman–Crippen LogP) is -1.34. The molecule has 0 aromatic carbocycles. The van der Waals surface area contributed by atoms with Crippen LogP contribution >= 0.6 is 11.8 Å². The van der Waals surface area contributed by atoms with Crippen LogP contribution in [0.3, 0.4) is 0 Å². The number of fused-ring (bicyclic) bond motifs is 2. The lowest BCUT2D eigenvalue weighted by Crippen LogP contribution is -2.39. The van der Waals surface area contributed by atoms with E-state index in [1.165, 1.54) is 17.2 Å². The molecule has 216 valence electrons. The van der Waals surface area contributed by atoms with E-state index in [0.717, 1.165) is 12.2 Å². The Kier molecular flexibility index (Phi) is 8.15. The Labute approximate surface area is 232 Å². The van der Waals surface area contributed by atoms with Gasteiger partial charge in [-0.1, -0.05) is 11.5 Å². The van der Waals surface area contributed by atoms with Crippen LogP contribution in [0.4, 0.5) is 10.6 Å². The summed E-state index contributed by atoms with van der Waals surface area (Å²) in [7, 11) is -4.39. The SMILES string of the molecule is [N-]=[N+]=N[C@@H]1[C@H](O)[C@@H](CNS(=O)(=O)/N=C(\[O-])CCCC[C@@H]2SC[C@@H]3NC(=O)N[C@@H]32)O[C@H]1n1cnc2c(N)ncnc21. The lowest BCUT2D eigenvalue weighted by atomic mass is 10.0. The quantitative estimate of drug-likeness (QED) is 0.0386. The number of amides is 2. The number of imidazole rings is 1. The van der Waals surface area contributed by atoms with Gasteiger partial charge in [-0.2, -0.15) is 29.3 Å². The lowest BCUT2D eigenvalue weighted by molar-refractivity contribution is -0.218. The average molecular weight is 596 g/mol. The molecule has 5 heterocycles. The van der Waals surface area contributed by atoms with Gasteiger partial charge in [-0.05, 0) is 30.7 Å². The first kappa shape index (κ1) is 28.1. The molecule has 3 aliphatic rings. The van der Waals surface area contributed by atoms with Crippen molar-refractivity contribution in [3.8, 4) is 0 Å². The van der Waals surface area contributed by atoms with Crippen molar-refractivity contribution in [1.82, 2.24) is 34.9 Å². The second-order valence-corrected chi connectivity index (χ2v) is 12.2. The minimum Gasteiger partial charge on any atom is -0.861 e. The van der Waals surface area contributed by atoms with Crippen molar-refractivity contribution in [2.24, 2.45) is 9.51 Å². The van der Waals surface area contributed by atoms with Gasteiger partial charge in [0.25, 0.3) is 0 Å². The van der Waals surface area contributed by atoms with E-state index < -0.39 is 47.1 Å². The van der Waals surface area contributed by atoms with Crippen LogP contribution in [0, 0.1) is 0 Å². The number of aliphatic hydroxyl groups excluding tert-OH is 1. The molecule has 0 radical (unpaired) electrons. The van der Waals surface area contributed by atoms with E-state index >= 15 is 0 Å². The van der Waals surface area contributed by atoms with E-state index in [1.807, 2.05) is 0 Å². The molecule has 2 amide bonds. The fourth-order valence-electron chi connectivity index (χ4n) is 5.03. The van der Waals surface area contributed by atoms with E-state index in [2.05, 4.69) is 44.7 Å². The van der Waals surface area contributed by atoms with Crippen molar-refractivity contribution in [3.63, 3.8) is 0 Å². The van der Waals surface area contributed by atoms with E-state index in [1.54, 1.807) is 11.8 Å². The molecule has 3 aliphatic heterocycles. The Morgan fingerprint density at radius 3 is 3.00 bits per heavy atom. The third-order valence-corrected chi connectivity index (χ3v) is 9.42. The number of nitrogens with one attached hydrogen (secondary N) is 3. The zero-order chi connectivity index (χ0) is 28.4. The van der Waals surface area contributed by atoms with Crippen molar-refractivity contribution < 1.29 is 28.2 Å². The number of aromatic nitrogens is 4. The smallest absolute Gasteiger partial charge is 0.318 e. The summed E-state index contributed by atoms with van der Waals surface area (Å²) in [4.78, 5) is 26.3. The van der Waals surface area contributed by atoms with E-state index in [0.29, 0.717) is 12.8 Å². The normalized spacial score (nSPS) is 30.2. The van der Waals surface area contributed by atoms with Crippen LogP contribution in [0.2, 0.25) is 0 Å². The molecule has 0 saturated carbocycles. The van der Waals surface area contributed by atoms with E-state index in [9.17, 15) is 23.4 Å². The number of unbranched alkanes of at least 4 members (excludes halogenated alkanes) is 1. The second kappa shape index (κ2) is 11.6. The lowest BCUT2D eigenvalue weighted by Gasteiger charge is -2.17. The molecule has 18 nitrogen and oxygen atoms in total. The largest absolute Gasteiger partial charge is 0.861 e. The number of nitrogens with two attached hydrogens (primary N) is 1. The van der Waals surface area contributed by atoms with Crippen LogP contribution in [0.1, 0.15) is 31.9 Å². The minimum atomic E-state index is -4.39. The highest BCUT2D eigenvalue weighted by Crippen LogP contribution is 2.35. The summed E-state index contributed by atoms with van der Waals surface area (Å²) in [5.74, 6) is 0.141. The maximum Gasteiger partial charge on any atom is 0.318 e. The molecule has 3 saturated heterocycles. The standard InChI is InChI=1S/C20H28N12O6S2/c21-17-15-18(24-7-23-17)32(8-25-15)19-14(29-31-22)16(34)10(38-19)5-26-40(36,37)30-12(33)4-2-1-3-11-13-9(6-39-11)27-20(35)28-13/h7-11,13-14,16,19,26,34H,1-6H2,(H,30,33)(H2,21,23,24)(H2,27,28,35)/p-1/t9-,10+,11-,13-,14+,16+,19+/m0/s1. The molecule has 7 atom stereocenters. The summed E-state index contributed by atoms with van der Waals surface area (Å²) in [6, 6.07) is -1.13. The van der Waals surface area contributed by atoms with E-state index in [-0.39, 0.29) is 46.8 Å². The number of rotatable bonds is 11. The van der Waals surface area contributed by atoms with Crippen LogP contribution in [0.15, 0.2) is 22.2 Å². The number of nitrogen functional groups attached to an aromatic ring is 1. The molecular formula is C20H27N12O6S2-. The minimum absolute atomic E-state index is 0.0563. The highest BCUT2D eigenvalue weighted by atomic mass is 32.2. The molecule has 0 unspecified atom stereocenters. The third kappa shape index (κ3) is 5.86. The van der Waals surface area contributed by atoms with E-state index in [4.69, 9.17) is 16.0 Å². The first-order valence-electron chi connectivity index (χ1n) is 12.4. The van der Waals surface area contributed by atoms with Gasteiger partial charge in [0.05, 0.1) is 24.5 Å². The molecule has 0 aliphatic carbocycles. The Morgan fingerprint density at radius 2 is 2.20 bits per heavy atom. The number of ether oxygens (including phenoxy) is 1. The van der Waals surface area contributed by atoms with Gasteiger partial charge in [0.1, 0.15) is 30.2 Å². The maximum absolute atomic E-state index is 12.4. The molecule has 3 fully saturated rings. The number of aliphatic hydroxyl groups is 1. The summed E-state index contributed by atoms with van der Waals surface area (Å²) in [5, 5.41) is 32.5. The first-order chi connectivity index (χ1) is 19.2. The van der Waals surface area contributed by atoms with Crippen LogP contribution in [-0.4, -0.2) is 92.9 Å². The molecule has 6 N–H and O–H groups in total. The summed E-state index contributed by atoms with van der Waals surface area (Å²) >= 11 is 1.76. The fraction of sp³-hybridized carbons (Fsp3) is 0.650. The maximum atomic E-state index is 12.4. The summed E-state index contributed by atoms with van der Waals surface area (Å²) < 4.78 is 37.5. The van der Waals surface area contributed by atoms with Crippen molar-refractivity contribution >= 4 is 50.9 Å². The molecule has 2 aromatic heterocycles. The van der Waals surface area contributed by atoms with Gasteiger partial charge in [0.2, 0.25) is 0 Å². The van der Waals surface area contributed by atoms with Crippen LogP contribution in [0.5, 0.6) is 0 Å². The first-order valence-corrected chi connectivity index (χ1v) is 14.9. The summed E-state index contributed by atoms with van der Waals surface area (Å²) in [6.07, 6.45) is 0.775. The number of carbonyl (C=O) groups excluding carboxylic acids is 1. The highest BCUT2D eigenvalue weighted by molar-refractivity contribution is 8.00. The summed E-state index contributed by atoms with van der Waals surface area (Å²) in [5.41, 5.74) is 15.3. The van der Waals surface area contributed by atoms with Crippen LogP contribution in [-0.2, 0) is 14.9 Å². The molecular weight excluding hydrogens is 568 g/mol. The van der Waals surface area contributed by atoms with Crippen molar-refractivity contribution in [3.05, 3.63) is 23.1 Å². The number of anilines is 1. The average Bonchev–Trinajstić information content (AvgIpc) is 3.65. The Balaban J connectivity index is 1.14. The fourth-order valence-corrected chi connectivity index (χ4v) is 7.38. The number of carbonyl (C=O) groups is 1. The zero-order valence-corrected chi connectivity index (χ0v) is 22.5. The Bertz CT molecular complexity index is 1450. The second-order valence-electron chi connectivity index (χ2n) is 9.51. The third-order valence-electron chi connectivity index (χ3n) is 6.94. The van der Waals surface area contributed by atoms with Crippen molar-refractivity contribution in [1.29, 1.82) is 0 Å². The number of hydrogen-bond acceptors (Lipinski definition) is 12. The van der Waals surface area contributed by atoms with Gasteiger partial charge in [-0.15, -0.1) is 0 Å². The highest BCUT2D eigenvalue weighted by Gasteiger charge is 2.45. The zero-order valence-electron chi connectivity index (χ0n) is 20.9. The summed E-state index contributed by atoms with van der Waals surface area (Å²) in [6.45, 7) is -0.445. The topological polar surface area (TPSA) is 271 Å².